The topological polar surface area (TPSA) is 79.5 Å². The first kappa shape index (κ1) is 21.3. The zero-order valence-electron chi connectivity index (χ0n) is 15.0. The third kappa shape index (κ3) is 6.21. The number of carbonyl (C=O) groups excluding carboxylic acids is 2. The van der Waals surface area contributed by atoms with E-state index in [1.807, 2.05) is 13.8 Å². The van der Waals surface area contributed by atoms with Gasteiger partial charge in [0.2, 0.25) is 5.91 Å². The van der Waals surface area contributed by atoms with Crippen molar-refractivity contribution < 1.29 is 14.3 Å². The van der Waals surface area contributed by atoms with Gasteiger partial charge in [-0.2, -0.15) is 0 Å². The SMILES string of the molecule is COc1ccc(C(=O)NC(C(=O)NC2CCNCC2)C(C)C)cc1.Cl. The van der Waals surface area contributed by atoms with Crippen molar-refractivity contribution in [1.29, 1.82) is 0 Å². The lowest BCUT2D eigenvalue weighted by Gasteiger charge is -2.28. The summed E-state index contributed by atoms with van der Waals surface area (Å²) in [7, 11) is 1.58. The minimum atomic E-state index is -0.547. The Kier molecular flexibility index (Phi) is 8.72. The molecule has 0 aromatic heterocycles. The van der Waals surface area contributed by atoms with Crippen molar-refractivity contribution in [2.45, 2.75) is 38.8 Å². The van der Waals surface area contributed by atoms with Gasteiger partial charge >= 0.3 is 0 Å². The maximum atomic E-state index is 12.6. The number of halogens is 1. The Bertz CT molecular complexity index is 557. The molecule has 140 valence electrons. The Balaban J connectivity index is 0.00000312. The predicted molar refractivity (Wildman–Crippen MR) is 100 cm³/mol. The summed E-state index contributed by atoms with van der Waals surface area (Å²) in [5.41, 5.74) is 0.510. The van der Waals surface area contributed by atoms with Crippen LogP contribution in [0.5, 0.6) is 5.75 Å². The molecule has 1 aromatic carbocycles. The molecular formula is C18H28ClN3O3. The van der Waals surface area contributed by atoms with Gasteiger partial charge in [0.25, 0.3) is 5.91 Å². The van der Waals surface area contributed by atoms with Gasteiger partial charge in [-0.15, -0.1) is 12.4 Å². The van der Waals surface area contributed by atoms with Gasteiger partial charge in [0.1, 0.15) is 11.8 Å². The van der Waals surface area contributed by atoms with E-state index < -0.39 is 6.04 Å². The van der Waals surface area contributed by atoms with Crippen LogP contribution in [0.25, 0.3) is 0 Å². The average molecular weight is 370 g/mol. The Hall–Kier alpha value is -1.79. The molecule has 0 saturated carbocycles. The van der Waals surface area contributed by atoms with Gasteiger partial charge in [0.05, 0.1) is 7.11 Å². The van der Waals surface area contributed by atoms with Crippen LogP contribution in [0.1, 0.15) is 37.0 Å². The Morgan fingerprint density at radius 1 is 1.16 bits per heavy atom. The minimum Gasteiger partial charge on any atom is -0.497 e. The first-order valence-electron chi connectivity index (χ1n) is 8.47. The quantitative estimate of drug-likeness (QED) is 0.713. The number of piperidine rings is 1. The molecule has 0 aliphatic carbocycles. The average Bonchev–Trinajstić information content (AvgIpc) is 2.60. The third-order valence-corrected chi connectivity index (χ3v) is 4.27. The summed E-state index contributed by atoms with van der Waals surface area (Å²) in [6.45, 7) is 5.69. The number of amides is 2. The lowest BCUT2D eigenvalue weighted by atomic mass is 10.0. The summed E-state index contributed by atoms with van der Waals surface area (Å²) in [5.74, 6) is 0.333. The van der Waals surface area contributed by atoms with Gasteiger partial charge in [0.15, 0.2) is 0 Å². The maximum Gasteiger partial charge on any atom is 0.251 e. The summed E-state index contributed by atoms with van der Waals surface area (Å²) in [6.07, 6.45) is 1.84. The molecule has 25 heavy (non-hydrogen) atoms. The van der Waals surface area contributed by atoms with Gasteiger partial charge in [-0.1, -0.05) is 13.8 Å². The molecule has 1 unspecified atom stereocenters. The van der Waals surface area contributed by atoms with E-state index in [1.54, 1.807) is 31.4 Å². The van der Waals surface area contributed by atoms with E-state index in [4.69, 9.17) is 4.74 Å². The van der Waals surface area contributed by atoms with Crippen LogP contribution in [-0.2, 0) is 4.79 Å². The van der Waals surface area contributed by atoms with Crippen molar-refractivity contribution in [2.75, 3.05) is 20.2 Å². The molecular weight excluding hydrogens is 342 g/mol. The highest BCUT2D eigenvalue weighted by atomic mass is 35.5. The summed E-state index contributed by atoms with van der Waals surface area (Å²) in [4.78, 5) is 25.0. The summed E-state index contributed by atoms with van der Waals surface area (Å²) < 4.78 is 5.09. The van der Waals surface area contributed by atoms with Gasteiger partial charge in [-0.25, -0.2) is 0 Å². The monoisotopic (exact) mass is 369 g/mol. The second-order valence-corrected chi connectivity index (χ2v) is 6.46. The highest BCUT2D eigenvalue weighted by Crippen LogP contribution is 2.12. The van der Waals surface area contributed by atoms with E-state index in [0.29, 0.717) is 11.3 Å². The zero-order valence-corrected chi connectivity index (χ0v) is 15.8. The fourth-order valence-corrected chi connectivity index (χ4v) is 2.76. The van der Waals surface area contributed by atoms with E-state index in [2.05, 4.69) is 16.0 Å². The van der Waals surface area contributed by atoms with Crippen LogP contribution < -0.4 is 20.7 Å². The number of rotatable bonds is 6. The zero-order chi connectivity index (χ0) is 17.5. The number of methoxy groups -OCH3 is 1. The molecule has 3 N–H and O–H groups in total. The smallest absolute Gasteiger partial charge is 0.251 e. The molecule has 2 rings (SSSR count). The Labute approximate surface area is 155 Å². The molecule has 2 amide bonds. The summed E-state index contributed by atoms with van der Waals surface area (Å²) in [6, 6.07) is 6.47. The molecule has 1 atom stereocenters. The van der Waals surface area contributed by atoms with Crippen molar-refractivity contribution in [2.24, 2.45) is 5.92 Å². The molecule has 1 aromatic rings. The molecule has 7 heteroatoms. The summed E-state index contributed by atoms with van der Waals surface area (Å²) in [5, 5.41) is 9.19. The normalized spacial score (nSPS) is 15.8. The van der Waals surface area contributed by atoms with Crippen LogP contribution in [0.4, 0.5) is 0 Å². The lowest BCUT2D eigenvalue weighted by molar-refractivity contribution is -0.124. The standard InChI is InChI=1S/C18H27N3O3.ClH/c1-12(2)16(18(23)20-14-8-10-19-11-9-14)21-17(22)13-4-6-15(24-3)7-5-13;/h4-7,12,14,16,19H,8-11H2,1-3H3,(H,20,23)(H,21,22);1H. The van der Waals surface area contributed by atoms with E-state index in [-0.39, 0.29) is 36.2 Å². The van der Waals surface area contributed by atoms with Crippen molar-refractivity contribution in [3.05, 3.63) is 29.8 Å². The van der Waals surface area contributed by atoms with Crippen LogP contribution in [0, 0.1) is 5.92 Å². The van der Waals surface area contributed by atoms with E-state index >= 15 is 0 Å². The van der Waals surface area contributed by atoms with Crippen molar-refractivity contribution >= 4 is 24.2 Å². The fraction of sp³-hybridized carbons (Fsp3) is 0.556. The first-order valence-corrected chi connectivity index (χ1v) is 8.47. The molecule has 0 radical (unpaired) electrons. The van der Waals surface area contributed by atoms with Crippen molar-refractivity contribution in [3.8, 4) is 5.75 Å². The molecule has 1 aliphatic heterocycles. The number of ether oxygens (including phenoxy) is 1. The summed E-state index contributed by atoms with van der Waals surface area (Å²) >= 11 is 0. The number of carbonyl (C=O) groups is 2. The van der Waals surface area contributed by atoms with Crippen molar-refractivity contribution in [1.82, 2.24) is 16.0 Å². The van der Waals surface area contributed by atoms with Gasteiger partial charge in [-0.3, -0.25) is 9.59 Å². The van der Waals surface area contributed by atoms with Crippen molar-refractivity contribution in [3.63, 3.8) is 0 Å². The van der Waals surface area contributed by atoms with Gasteiger partial charge in [0, 0.05) is 11.6 Å². The Morgan fingerprint density at radius 2 is 1.76 bits per heavy atom. The number of hydrogen-bond donors (Lipinski definition) is 3. The molecule has 1 fully saturated rings. The van der Waals surface area contributed by atoms with Crippen LogP contribution in [0.3, 0.4) is 0 Å². The largest absolute Gasteiger partial charge is 0.497 e. The van der Waals surface area contributed by atoms with E-state index in [1.165, 1.54) is 0 Å². The second kappa shape index (κ2) is 10.3. The molecule has 1 heterocycles. The van der Waals surface area contributed by atoms with Crippen LogP contribution in [0.15, 0.2) is 24.3 Å². The van der Waals surface area contributed by atoms with Gasteiger partial charge in [-0.05, 0) is 56.1 Å². The maximum absolute atomic E-state index is 12.6. The fourth-order valence-electron chi connectivity index (χ4n) is 2.76. The molecule has 1 saturated heterocycles. The predicted octanol–water partition coefficient (Wildman–Crippen LogP) is 1.74. The van der Waals surface area contributed by atoms with Crippen LogP contribution >= 0.6 is 12.4 Å². The number of hydrogen-bond acceptors (Lipinski definition) is 4. The van der Waals surface area contributed by atoms with Crippen LogP contribution in [-0.4, -0.2) is 44.1 Å². The third-order valence-electron chi connectivity index (χ3n) is 4.27. The highest BCUT2D eigenvalue weighted by Gasteiger charge is 2.27. The Morgan fingerprint density at radius 3 is 2.28 bits per heavy atom. The minimum absolute atomic E-state index is 0. The first-order chi connectivity index (χ1) is 11.5. The molecule has 0 spiro atoms. The highest BCUT2D eigenvalue weighted by molar-refractivity contribution is 5.97. The number of benzene rings is 1. The van der Waals surface area contributed by atoms with E-state index in [9.17, 15) is 9.59 Å². The second-order valence-electron chi connectivity index (χ2n) is 6.46. The van der Waals surface area contributed by atoms with Gasteiger partial charge < -0.3 is 20.7 Å². The molecule has 1 aliphatic rings. The molecule has 0 bridgehead atoms. The van der Waals surface area contributed by atoms with Crippen LogP contribution in [0.2, 0.25) is 0 Å². The molecule has 6 nitrogen and oxygen atoms in total. The number of nitrogens with one attached hydrogen (secondary N) is 3. The van der Waals surface area contributed by atoms with E-state index in [0.717, 1.165) is 25.9 Å². The lowest BCUT2D eigenvalue weighted by Crippen LogP contribution is -2.53.